The second-order valence-corrected chi connectivity index (χ2v) is 5.02. The van der Waals surface area contributed by atoms with Crippen LogP contribution < -0.4 is 0 Å². The van der Waals surface area contributed by atoms with Gasteiger partial charge in [-0.05, 0) is 13.3 Å². The summed E-state index contributed by atoms with van der Waals surface area (Å²) in [7, 11) is -2.90. The molecule has 54 valence electrons. The Morgan fingerprint density at radius 3 is 2.22 bits per heavy atom. The molecule has 0 amide bonds. The van der Waals surface area contributed by atoms with Crippen LogP contribution in [0.1, 0.15) is 13.3 Å². The molecule has 0 bridgehead atoms. The highest BCUT2D eigenvalue weighted by Crippen LogP contribution is 2.21. The molecule has 0 radical (unpaired) electrons. The van der Waals surface area contributed by atoms with E-state index in [9.17, 15) is 8.42 Å². The zero-order chi connectivity index (χ0) is 7.12. The van der Waals surface area contributed by atoms with Crippen LogP contribution in [0.25, 0.3) is 0 Å². The van der Waals surface area contributed by atoms with Crippen LogP contribution >= 0.6 is 0 Å². The zero-order valence-electron chi connectivity index (χ0n) is 5.29. The molecule has 0 aromatic rings. The van der Waals surface area contributed by atoms with Crippen molar-refractivity contribution in [3.8, 4) is 0 Å². The number of rotatable bonds is 0. The van der Waals surface area contributed by atoms with E-state index in [1.54, 1.807) is 6.92 Å². The summed E-state index contributed by atoms with van der Waals surface area (Å²) < 4.78 is 21.4. The van der Waals surface area contributed by atoms with E-state index in [-0.39, 0.29) is 11.5 Å². The van der Waals surface area contributed by atoms with E-state index in [0.717, 1.165) is 0 Å². The number of sulfone groups is 1. The average Bonchev–Trinajstić information content (AvgIpc) is 1.78. The third-order valence-electron chi connectivity index (χ3n) is 1.48. The van der Waals surface area contributed by atoms with Crippen LogP contribution in [-0.4, -0.2) is 30.6 Å². The molecule has 0 aromatic heterocycles. The van der Waals surface area contributed by atoms with Gasteiger partial charge in [0.2, 0.25) is 0 Å². The summed E-state index contributed by atoms with van der Waals surface area (Å²) >= 11 is 0. The number of hydrogen-bond acceptors (Lipinski definition) is 3. The molecule has 1 heterocycles. The molecule has 4 heteroatoms. The third-order valence-corrected chi connectivity index (χ3v) is 3.37. The summed E-state index contributed by atoms with van der Waals surface area (Å²) in [5.41, 5.74) is -0.959. The van der Waals surface area contributed by atoms with Crippen LogP contribution in [0.5, 0.6) is 0 Å². The van der Waals surface area contributed by atoms with E-state index in [4.69, 9.17) is 5.11 Å². The average molecular weight is 150 g/mol. The van der Waals surface area contributed by atoms with Crippen LogP contribution in [0, 0.1) is 0 Å². The van der Waals surface area contributed by atoms with Crippen LogP contribution in [-0.2, 0) is 9.84 Å². The Balaban J connectivity index is 2.81. The normalized spacial score (nSPS) is 41.1. The fourth-order valence-electron chi connectivity index (χ4n) is 0.993. The summed E-state index contributed by atoms with van der Waals surface area (Å²) in [6.07, 6.45) is 0.384. The first-order valence-electron chi connectivity index (χ1n) is 2.84. The van der Waals surface area contributed by atoms with Crippen molar-refractivity contribution >= 4 is 9.84 Å². The highest BCUT2D eigenvalue weighted by molar-refractivity contribution is 7.91. The van der Waals surface area contributed by atoms with Crippen molar-refractivity contribution in [1.29, 1.82) is 0 Å². The first-order valence-corrected chi connectivity index (χ1v) is 4.66. The minimum absolute atomic E-state index is 0.0694. The molecule has 1 rings (SSSR count). The highest BCUT2D eigenvalue weighted by atomic mass is 32.2. The molecule has 9 heavy (non-hydrogen) atoms. The van der Waals surface area contributed by atoms with Gasteiger partial charge in [0.15, 0.2) is 9.84 Å². The lowest BCUT2D eigenvalue weighted by Gasteiger charge is -2.10. The largest absolute Gasteiger partial charge is 0.389 e. The van der Waals surface area contributed by atoms with Gasteiger partial charge in [-0.1, -0.05) is 0 Å². The van der Waals surface area contributed by atoms with Gasteiger partial charge >= 0.3 is 0 Å². The van der Waals surface area contributed by atoms with Crippen LogP contribution in [0.4, 0.5) is 0 Å². The van der Waals surface area contributed by atoms with Crippen LogP contribution in [0.2, 0.25) is 0 Å². The molecule has 1 atom stereocenters. The van der Waals surface area contributed by atoms with Gasteiger partial charge in [0.1, 0.15) is 0 Å². The molecular weight excluding hydrogens is 140 g/mol. The SMILES string of the molecule is C[C@@]1(O)CCS(=O)(=O)C1. The van der Waals surface area contributed by atoms with E-state index < -0.39 is 15.4 Å². The predicted molar refractivity (Wildman–Crippen MR) is 33.9 cm³/mol. The van der Waals surface area contributed by atoms with E-state index in [1.165, 1.54) is 0 Å². The second kappa shape index (κ2) is 1.70. The van der Waals surface area contributed by atoms with Crippen LogP contribution in [0.15, 0.2) is 0 Å². The summed E-state index contributed by atoms with van der Waals surface area (Å²) in [5, 5.41) is 9.15. The molecule has 1 fully saturated rings. The van der Waals surface area contributed by atoms with Gasteiger partial charge in [0.25, 0.3) is 0 Å². The summed E-state index contributed by atoms with van der Waals surface area (Å²) in [4.78, 5) is 0. The van der Waals surface area contributed by atoms with E-state index in [0.29, 0.717) is 6.42 Å². The quantitative estimate of drug-likeness (QED) is 0.509. The Morgan fingerprint density at radius 2 is 2.11 bits per heavy atom. The molecule has 3 nitrogen and oxygen atoms in total. The molecule has 1 saturated heterocycles. The van der Waals surface area contributed by atoms with E-state index in [2.05, 4.69) is 0 Å². The molecule has 1 N–H and O–H groups in total. The van der Waals surface area contributed by atoms with Crippen molar-refractivity contribution in [3.63, 3.8) is 0 Å². The molecule has 0 aliphatic carbocycles. The Bertz CT molecular complexity index is 202. The lowest BCUT2D eigenvalue weighted by atomic mass is 10.1. The lowest BCUT2D eigenvalue weighted by molar-refractivity contribution is 0.0884. The molecular formula is C5H10O3S. The topological polar surface area (TPSA) is 54.4 Å². The lowest BCUT2D eigenvalue weighted by Crippen LogP contribution is -2.24. The van der Waals surface area contributed by atoms with E-state index in [1.807, 2.05) is 0 Å². The van der Waals surface area contributed by atoms with Gasteiger partial charge in [0, 0.05) is 0 Å². The molecule has 0 saturated carbocycles. The highest BCUT2D eigenvalue weighted by Gasteiger charge is 2.35. The molecule has 0 unspecified atom stereocenters. The maximum absolute atomic E-state index is 10.7. The van der Waals surface area contributed by atoms with Gasteiger partial charge in [-0.3, -0.25) is 0 Å². The first kappa shape index (κ1) is 7.02. The number of aliphatic hydroxyl groups is 1. The first-order chi connectivity index (χ1) is 3.91. The summed E-state index contributed by atoms with van der Waals surface area (Å²) in [6, 6.07) is 0. The van der Waals surface area contributed by atoms with Crippen molar-refractivity contribution in [3.05, 3.63) is 0 Å². The standard InChI is InChI=1S/C5H10O3S/c1-5(6)2-3-9(7,8)4-5/h6H,2-4H2,1H3/t5-/m1/s1. The maximum Gasteiger partial charge on any atom is 0.153 e. The number of hydrogen-bond donors (Lipinski definition) is 1. The van der Waals surface area contributed by atoms with Crippen molar-refractivity contribution in [2.75, 3.05) is 11.5 Å². The van der Waals surface area contributed by atoms with Gasteiger partial charge in [-0.15, -0.1) is 0 Å². The van der Waals surface area contributed by atoms with Gasteiger partial charge < -0.3 is 5.11 Å². The summed E-state index contributed by atoms with van der Waals surface area (Å²) in [5.74, 6) is 0.0694. The Labute approximate surface area is 54.6 Å². The maximum atomic E-state index is 10.7. The minimum atomic E-state index is -2.90. The Hall–Kier alpha value is -0.0900. The third kappa shape index (κ3) is 1.66. The molecule has 0 aromatic carbocycles. The zero-order valence-corrected chi connectivity index (χ0v) is 6.11. The second-order valence-electron chi connectivity index (χ2n) is 2.84. The van der Waals surface area contributed by atoms with Gasteiger partial charge in [-0.25, -0.2) is 8.42 Å². The van der Waals surface area contributed by atoms with Crippen molar-refractivity contribution in [2.45, 2.75) is 18.9 Å². The Kier molecular flexibility index (Phi) is 1.33. The molecule has 0 spiro atoms. The van der Waals surface area contributed by atoms with Crippen molar-refractivity contribution in [1.82, 2.24) is 0 Å². The van der Waals surface area contributed by atoms with Gasteiger partial charge in [-0.2, -0.15) is 0 Å². The van der Waals surface area contributed by atoms with E-state index >= 15 is 0 Å². The van der Waals surface area contributed by atoms with Crippen LogP contribution in [0.3, 0.4) is 0 Å². The van der Waals surface area contributed by atoms with Gasteiger partial charge in [0.05, 0.1) is 17.1 Å². The fourth-order valence-corrected chi connectivity index (χ4v) is 2.98. The molecule has 1 aliphatic rings. The van der Waals surface area contributed by atoms with Crippen molar-refractivity contribution in [2.24, 2.45) is 0 Å². The predicted octanol–water partition coefficient (Wildman–Crippen LogP) is -0.444. The fraction of sp³-hybridized carbons (Fsp3) is 1.00. The van der Waals surface area contributed by atoms with Crippen molar-refractivity contribution < 1.29 is 13.5 Å². The molecule has 1 aliphatic heterocycles. The smallest absolute Gasteiger partial charge is 0.153 e. The summed E-state index contributed by atoms with van der Waals surface area (Å²) in [6.45, 7) is 1.55. The Morgan fingerprint density at radius 1 is 1.56 bits per heavy atom. The minimum Gasteiger partial charge on any atom is -0.389 e. The monoisotopic (exact) mass is 150 g/mol.